The molecule has 0 aliphatic carbocycles. The average Bonchev–Trinajstić information content (AvgIpc) is 3.53. The van der Waals surface area contributed by atoms with E-state index in [1.165, 1.54) is 48.0 Å². The van der Waals surface area contributed by atoms with Crippen LogP contribution in [-0.4, -0.2) is 75.8 Å². The maximum atomic E-state index is 14.5. The number of urea groups is 1. The molecule has 234 valence electrons. The first-order chi connectivity index (χ1) is 20.8. The van der Waals surface area contributed by atoms with Crippen LogP contribution in [0.5, 0.6) is 0 Å². The number of nitrogens with one attached hydrogen (secondary N) is 2. The van der Waals surface area contributed by atoms with E-state index < -0.39 is 48.3 Å². The van der Waals surface area contributed by atoms with E-state index in [0.29, 0.717) is 10.9 Å². The third-order valence-corrected chi connectivity index (χ3v) is 8.15. The molecule has 2 fully saturated rings. The monoisotopic (exact) mass is 635 g/mol. The van der Waals surface area contributed by atoms with Gasteiger partial charge in [-0.2, -0.15) is 0 Å². The third kappa shape index (κ3) is 6.67. The summed E-state index contributed by atoms with van der Waals surface area (Å²) in [4.78, 5) is 53.6. The number of benzene rings is 2. The largest absolute Gasteiger partial charge is 0.350 e. The number of Topliss-reactive ketones (excluding diaryl/α,β-unsaturated/α-hetero) is 1. The quantitative estimate of drug-likeness (QED) is 0.277. The molecule has 2 saturated heterocycles. The number of aromatic nitrogens is 1. The summed E-state index contributed by atoms with van der Waals surface area (Å²) in [6.07, 6.45) is -0.324. The SMILES string of the molecule is CC(=O)c1cn(CC(=O)N2CC(F)CC2C(=O)NCc2cccc(Cl)c2F)c2ccc(NC(=O)N3CCCC(F)(F)C3)cc12. The molecule has 0 bridgehead atoms. The summed E-state index contributed by atoms with van der Waals surface area (Å²) in [6.45, 7) is -0.00736. The van der Waals surface area contributed by atoms with Crippen molar-refractivity contribution in [2.75, 3.05) is 25.0 Å². The number of ketones is 1. The fraction of sp³-hybridized carbons (Fsp3) is 0.400. The number of halogens is 5. The highest BCUT2D eigenvalue weighted by molar-refractivity contribution is 6.30. The van der Waals surface area contributed by atoms with Gasteiger partial charge in [0.25, 0.3) is 5.92 Å². The van der Waals surface area contributed by atoms with Crippen molar-refractivity contribution in [3.63, 3.8) is 0 Å². The lowest BCUT2D eigenvalue weighted by Gasteiger charge is -2.32. The molecule has 3 heterocycles. The summed E-state index contributed by atoms with van der Waals surface area (Å²) in [5.74, 6) is -5.19. The second-order valence-electron chi connectivity index (χ2n) is 11.1. The summed E-state index contributed by atoms with van der Waals surface area (Å²) in [7, 11) is 0. The van der Waals surface area contributed by atoms with Crippen LogP contribution in [0.2, 0.25) is 5.02 Å². The lowest BCUT2D eigenvalue weighted by Crippen LogP contribution is -2.47. The van der Waals surface area contributed by atoms with Crippen LogP contribution in [0.15, 0.2) is 42.6 Å². The van der Waals surface area contributed by atoms with Gasteiger partial charge < -0.3 is 25.0 Å². The molecular weight excluding hydrogens is 606 g/mol. The van der Waals surface area contributed by atoms with E-state index in [9.17, 15) is 36.7 Å². The summed E-state index contributed by atoms with van der Waals surface area (Å²) >= 11 is 5.79. The number of hydrogen-bond acceptors (Lipinski definition) is 4. The van der Waals surface area contributed by atoms with Gasteiger partial charge in [0.15, 0.2) is 5.78 Å². The number of rotatable bonds is 7. The second-order valence-corrected chi connectivity index (χ2v) is 11.5. The minimum atomic E-state index is -2.96. The number of piperidine rings is 1. The minimum Gasteiger partial charge on any atom is -0.350 e. The van der Waals surface area contributed by atoms with E-state index in [-0.39, 0.29) is 73.1 Å². The van der Waals surface area contributed by atoms with Crippen molar-refractivity contribution in [2.24, 2.45) is 0 Å². The van der Waals surface area contributed by atoms with Crippen LogP contribution in [0.3, 0.4) is 0 Å². The van der Waals surface area contributed by atoms with E-state index in [4.69, 9.17) is 11.6 Å². The molecule has 2 aliphatic heterocycles. The molecule has 44 heavy (non-hydrogen) atoms. The highest BCUT2D eigenvalue weighted by Crippen LogP contribution is 2.29. The summed E-state index contributed by atoms with van der Waals surface area (Å²) < 4.78 is 57.8. The molecule has 0 spiro atoms. The van der Waals surface area contributed by atoms with Crippen molar-refractivity contribution < 1.29 is 36.7 Å². The molecule has 0 saturated carbocycles. The Balaban J connectivity index is 1.31. The third-order valence-electron chi connectivity index (χ3n) is 7.85. The van der Waals surface area contributed by atoms with E-state index >= 15 is 0 Å². The van der Waals surface area contributed by atoms with Gasteiger partial charge >= 0.3 is 6.03 Å². The molecule has 2 aromatic carbocycles. The van der Waals surface area contributed by atoms with Gasteiger partial charge in [-0.15, -0.1) is 0 Å². The second kappa shape index (κ2) is 12.5. The zero-order valence-electron chi connectivity index (χ0n) is 23.7. The van der Waals surface area contributed by atoms with Gasteiger partial charge in [0.05, 0.1) is 18.1 Å². The Labute approximate surface area is 255 Å². The summed E-state index contributed by atoms with van der Waals surface area (Å²) in [6, 6.07) is 7.13. The molecule has 14 heteroatoms. The number of carbonyl (C=O) groups excluding carboxylic acids is 4. The van der Waals surface area contributed by atoms with Crippen molar-refractivity contribution in [3.8, 4) is 0 Å². The van der Waals surface area contributed by atoms with Crippen molar-refractivity contribution in [1.82, 2.24) is 19.7 Å². The number of likely N-dealkylation sites (tertiary alicyclic amines) is 2. The zero-order chi connectivity index (χ0) is 31.8. The van der Waals surface area contributed by atoms with Gasteiger partial charge in [-0.3, -0.25) is 14.4 Å². The Kier molecular flexibility index (Phi) is 8.87. The molecule has 9 nitrogen and oxygen atoms in total. The summed E-state index contributed by atoms with van der Waals surface area (Å²) in [5.41, 5.74) is 1.12. The molecule has 2 aliphatic rings. The Morgan fingerprint density at radius 3 is 2.64 bits per heavy atom. The first-order valence-corrected chi connectivity index (χ1v) is 14.4. The molecular formula is C30H30ClF4N5O4. The maximum absolute atomic E-state index is 14.5. The number of alkyl halides is 3. The van der Waals surface area contributed by atoms with Crippen LogP contribution in [0.4, 0.5) is 28.0 Å². The van der Waals surface area contributed by atoms with Crippen LogP contribution >= 0.6 is 11.6 Å². The van der Waals surface area contributed by atoms with Crippen molar-refractivity contribution >= 4 is 51.8 Å². The molecule has 2 unspecified atom stereocenters. The Morgan fingerprint density at radius 1 is 1.14 bits per heavy atom. The van der Waals surface area contributed by atoms with Crippen molar-refractivity contribution in [2.45, 2.75) is 57.4 Å². The van der Waals surface area contributed by atoms with E-state index in [2.05, 4.69) is 10.6 Å². The molecule has 3 aromatic rings. The van der Waals surface area contributed by atoms with Crippen LogP contribution in [0, 0.1) is 5.82 Å². The Bertz CT molecular complexity index is 1630. The number of carbonyl (C=O) groups is 4. The van der Waals surface area contributed by atoms with Gasteiger partial charge in [0.1, 0.15) is 24.6 Å². The lowest BCUT2D eigenvalue weighted by molar-refractivity contribution is -0.139. The number of anilines is 1. The average molecular weight is 636 g/mol. The fourth-order valence-corrected chi connectivity index (χ4v) is 5.85. The number of hydrogen-bond donors (Lipinski definition) is 2. The molecule has 4 amide bonds. The molecule has 2 N–H and O–H groups in total. The predicted octanol–water partition coefficient (Wildman–Crippen LogP) is 5.15. The smallest absolute Gasteiger partial charge is 0.322 e. The standard InChI is InChI=1S/C30H30ClF4N5O4/c1-17(41)22-14-39(24-7-6-20(11-21(22)24)37-29(44)38-9-3-8-30(34,35)16-38)15-26(42)40-13-19(32)10-25(40)28(43)36-12-18-4-2-5-23(31)27(18)33/h2,4-7,11,14,19,25H,3,8-10,12-13,15-16H2,1H3,(H,36,43)(H,37,44). The molecule has 5 rings (SSSR count). The minimum absolute atomic E-state index is 0.108. The van der Waals surface area contributed by atoms with Crippen LogP contribution in [0.25, 0.3) is 10.9 Å². The van der Waals surface area contributed by atoms with Gasteiger partial charge in [0.2, 0.25) is 11.8 Å². The number of fused-ring (bicyclic) bond motifs is 1. The number of nitrogens with zero attached hydrogens (tertiary/aromatic N) is 3. The first-order valence-electron chi connectivity index (χ1n) is 14.0. The molecule has 1 aromatic heterocycles. The fourth-order valence-electron chi connectivity index (χ4n) is 5.66. The van der Waals surface area contributed by atoms with Gasteiger partial charge in [-0.25, -0.2) is 22.4 Å². The first kappa shape index (κ1) is 31.3. The summed E-state index contributed by atoms with van der Waals surface area (Å²) in [5, 5.41) is 5.45. The lowest BCUT2D eigenvalue weighted by atomic mass is 10.1. The normalized spacial score (nSPS) is 19.7. The predicted molar refractivity (Wildman–Crippen MR) is 155 cm³/mol. The van der Waals surface area contributed by atoms with Gasteiger partial charge in [0, 0.05) is 59.8 Å². The van der Waals surface area contributed by atoms with Gasteiger partial charge in [-0.1, -0.05) is 23.7 Å². The van der Waals surface area contributed by atoms with E-state index in [1.54, 1.807) is 6.07 Å². The van der Waals surface area contributed by atoms with E-state index in [0.717, 1.165) is 9.80 Å². The molecule has 2 atom stereocenters. The Hall–Kier alpha value is -4.13. The number of amides is 4. The maximum Gasteiger partial charge on any atom is 0.322 e. The van der Waals surface area contributed by atoms with Crippen molar-refractivity contribution in [3.05, 3.63) is 64.6 Å². The highest BCUT2D eigenvalue weighted by Gasteiger charge is 2.40. The van der Waals surface area contributed by atoms with Crippen LogP contribution in [-0.2, 0) is 22.7 Å². The van der Waals surface area contributed by atoms with E-state index in [1.807, 2.05) is 0 Å². The van der Waals surface area contributed by atoms with Gasteiger partial charge in [-0.05, 0) is 37.6 Å². The Morgan fingerprint density at radius 2 is 1.91 bits per heavy atom. The van der Waals surface area contributed by atoms with Crippen LogP contribution < -0.4 is 10.6 Å². The zero-order valence-corrected chi connectivity index (χ0v) is 24.5. The van der Waals surface area contributed by atoms with Crippen molar-refractivity contribution in [1.29, 1.82) is 0 Å². The highest BCUT2D eigenvalue weighted by atomic mass is 35.5. The van der Waals surface area contributed by atoms with Crippen LogP contribution in [0.1, 0.15) is 42.1 Å². The molecule has 0 radical (unpaired) electrons. The topological polar surface area (TPSA) is 104 Å².